The van der Waals surface area contributed by atoms with E-state index in [1.54, 1.807) is 17.5 Å². The van der Waals surface area contributed by atoms with E-state index in [4.69, 9.17) is 0 Å². The number of ketones is 1. The van der Waals surface area contributed by atoms with Crippen LogP contribution in [0.2, 0.25) is 0 Å². The van der Waals surface area contributed by atoms with Crippen molar-refractivity contribution in [1.82, 2.24) is 4.98 Å². The summed E-state index contributed by atoms with van der Waals surface area (Å²) in [6.07, 6.45) is 0. The summed E-state index contributed by atoms with van der Waals surface area (Å²) in [5, 5.41) is 13.1. The van der Waals surface area contributed by atoms with Crippen LogP contribution >= 0.6 is 22.7 Å². The van der Waals surface area contributed by atoms with Crippen molar-refractivity contribution in [1.29, 1.82) is 0 Å². The van der Waals surface area contributed by atoms with Crippen molar-refractivity contribution in [2.45, 2.75) is 46.1 Å². The molecule has 7 heteroatoms. The fourth-order valence-electron chi connectivity index (χ4n) is 3.61. The molecular formula is C24H24N2O3S2. The number of rotatable bonds is 4. The zero-order valence-electron chi connectivity index (χ0n) is 18.1. The molecule has 4 rings (SSSR count). The van der Waals surface area contributed by atoms with Crippen molar-refractivity contribution in [2.75, 3.05) is 4.90 Å². The van der Waals surface area contributed by atoms with Crippen molar-refractivity contribution in [3.63, 3.8) is 0 Å². The number of Topliss-reactive ketones (excluding diaryl/α,β-unsaturated/α-hetero) is 1. The van der Waals surface area contributed by atoms with Crippen LogP contribution in [0.3, 0.4) is 0 Å². The molecule has 0 saturated heterocycles. The first-order valence-corrected chi connectivity index (χ1v) is 11.7. The van der Waals surface area contributed by atoms with E-state index in [0.29, 0.717) is 10.0 Å². The molecule has 0 radical (unpaired) electrons. The zero-order valence-corrected chi connectivity index (χ0v) is 19.7. The van der Waals surface area contributed by atoms with Crippen LogP contribution in [-0.2, 0) is 10.2 Å². The molecule has 31 heavy (non-hydrogen) atoms. The Hall–Kier alpha value is -2.77. The maximum atomic E-state index is 13.3. The molecule has 1 aliphatic heterocycles. The number of hydrogen-bond acceptors (Lipinski definition) is 6. The van der Waals surface area contributed by atoms with Gasteiger partial charge in [-0.1, -0.05) is 51.1 Å². The second-order valence-electron chi connectivity index (χ2n) is 8.66. The third-order valence-electron chi connectivity index (χ3n) is 5.51. The van der Waals surface area contributed by atoms with Gasteiger partial charge in [0.05, 0.1) is 22.2 Å². The lowest BCUT2D eigenvalue weighted by Crippen LogP contribution is -2.31. The van der Waals surface area contributed by atoms with Crippen LogP contribution in [0, 0.1) is 13.8 Å². The van der Waals surface area contributed by atoms with Crippen LogP contribution in [0.15, 0.2) is 53.1 Å². The number of anilines is 1. The van der Waals surface area contributed by atoms with Crippen molar-refractivity contribution >= 4 is 39.5 Å². The Morgan fingerprint density at radius 3 is 2.32 bits per heavy atom. The standard InChI is InChI=1S/C24H24N2O3S2/c1-13-14(2)31-23(25-13)26-19(15-8-10-16(11-9-15)24(3,4)5)18(21(28)22(26)29)20(27)17-7-6-12-30-17/h6-12,19,28H,1-5H3. The Balaban J connectivity index is 1.87. The van der Waals surface area contributed by atoms with E-state index in [1.807, 2.05) is 38.1 Å². The lowest BCUT2D eigenvalue weighted by molar-refractivity contribution is -0.117. The number of amides is 1. The number of aliphatic hydroxyl groups is 1. The molecule has 1 N–H and O–H groups in total. The molecule has 0 saturated carbocycles. The van der Waals surface area contributed by atoms with Crippen molar-refractivity contribution in [3.05, 3.63) is 79.7 Å². The highest BCUT2D eigenvalue weighted by molar-refractivity contribution is 7.16. The summed E-state index contributed by atoms with van der Waals surface area (Å²) < 4.78 is 0. The quantitative estimate of drug-likeness (QED) is 0.500. The summed E-state index contributed by atoms with van der Waals surface area (Å²) >= 11 is 2.67. The molecule has 0 fully saturated rings. The van der Waals surface area contributed by atoms with Crippen molar-refractivity contribution in [3.8, 4) is 0 Å². The maximum absolute atomic E-state index is 13.3. The fraction of sp³-hybridized carbons (Fsp3) is 0.292. The smallest absolute Gasteiger partial charge is 0.296 e. The first-order valence-electron chi connectivity index (χ1n) is 9.99. The van der Waals surface area contributed by atoms with Gasteiger partial charge in [-0.05, 0) is 41.8 Å². The topological polar surface area (TPSA) is 70.5 Å². The van der Waals surface area contributed by atoms with Crippen LogP contribution < -0.4 is 4.90 Å². The number of benzene rings is 1. The predicted molar refractivity (Wildman–Crippen MR) is 125 cm³/mol. The van der Waals surface area contributed by atoms with Gasteiger partial charge in [0.25, 0.3) is 5.91 Å². The van der Waals surface area contributed by atoms with Crippen LogP contribution in [0.1, 0.15) is 58.2 Å². The molecule has 0 aliphatic carbocycles. The number of nitrogens with zero attached hydrogens (tertiary/aromatic N) is 2. The first kappa shape index (κ1) is 21.5. The van der Waals surface area contributed by atoms with Gasteiger partial charge in [-0.15, -0.1) is 22.7 Å². The third kappa shape index (κ3) is 3.72. The number of thiophene rings is 1. The molecule has 1 aliphatic rings. The fourth-order valence-corrected chi connectivity index (χ4v) is 5.23. The lowest BCUT2D eigenvalue weighted by Gasteiger charge is -2.26. The van der Waals surface area contributed by atoms with Crippen LogP contribution in [-0.4, -0.2) is 21.8 Å². The summed E-state index contributed by atoms with van der Waals surface area (Å²) in [6, 6.07) is 10.6. The summed E-state index contributed by atoms with van der Waals surface area (Å²) in [6.45, 7) is 10.2. The number of hydrogen-bond donors (Lipinski definition) is 1. The summed E-state index contributed by atoms with van der Waals surface area (Å²) in [5.41, 5.74) is 2.80. The molecule has 1 aromatic carbocycles. The molecule has 3 heterocycles. The van der Waals surface area contributed by atoms with E-state index in [1.165, 1.54) is 27.6 Å². The minimum absolute atomic E-state index is 0.0269. The van der Waals surface area contributed by atoms with Gasteiger partial charge >= 0.3 is 0 Å². The minimum atomic E-state index is -0.735. The van der Waals surface area contributed by atoms with Gasteiger partial charge in [0.15, 0.2) is 10.9 Å². The summed E-state index contributed by atoms with van der Waals surface area (Å²) in [7, 11) is 0. The van der Waals surface area contributed by atoms with Crippen LogP contribution in [0.5, 0.6) is 0 Å². The average molecular weight is 453 g/mol. The Labute approximate surface area is 189 Å². The number of aromatic nitrogens is 1. The number of aliphatic hydroxyl groups excluding tert-OH is 1. The number of carbonyl (C=O) groups excluding carboxylic acids is 2. The van der Waals surface area contributed by atoms with Gasteiger partial charge in [-0.2, -0.15) is 0 Å². The predicted octanol–water partition coefficient (Wildman–Crippen LogP) is 5.90. The zero-order chi connectivity index (χ0) is 22.5. The van der Waals surface area contributed by atoms with E-state index >= 15 is 0 Å². The van der Waals surface area contributed by atoms with E-state index < -0.39 is 17.7 Å². The Morgan fingerprint density at radius 2 is 1.81 bits per heavy atom. The Kier molecular flexibility index (Phi) is 5.35. The largest absolute Gasteiger partial charge is 0.503 e. The highest BCUT2D eigenvalue weighted by Gasteiger charge is 2.46. The molecule has 1 amide bonds. The number of aryl methyl sites for hydroxylation is 2. The summed E-state index contributed by atoms with van der Waals surface area (Å²) in [4.78, 5) is 33.9. The molecule has 1 unspecified atom stereocenters. The normalized spacial score (nSPS) is 17.0. The van der Waals surface area contributed by atoms with Gasteiger partial charge < -0.3 is 5.11 Å². The van der Waals surface area contributed by atoms with Gasteiger partial charge in [0.1, 0.15) is 0 Å². The lowest BCUT2D eigenvalue weighted by atomic mass is 9.85. The minimum Gasteiger partial charge on any atom is -0.503 e. The average Bonchev–Trinajstić information content (AvgIpc) is 3.42. The maximum Gasteiger partial charge on any atom is 0.296 e. The molecule has 1 atom stereocenters. The van der Waals surface area contributed by atoms with Gasteiger partial charge in [-0.25, -0.2) is 4.98 Å². The molecule has 2 aromatic heterocycles. The number of carbonyl (C=O) groups is 2. The highest BCUT2D eigenvalue weighted by atomic mass is 32.1. The third-order valence-corrected chi connectivity index (χ3v) is 7.45. The number of thiazole rings is 1. The summed E-state index contributed by atoms with van der Waals surface area (Å²) in [5.74, 6) is -1.44. The van der Waals surface area contributed by atoms with Crippen molar-refractivity contribution in [2.24, 2.45) is 0 Å². The van der Waals surface area contributed by atoms with Gasteiger partial charge in [-0.3, -0.25) is 14.5 Å². The molecule has 0 bridgehead atoms. The SMILES string of the molecule is Cc1nc(N2C(=O)C(O)=C(C(=O)c3cccs3)C2c2ccc(C(C)(C)C)cc2)sc1C. The monoisotopic (exact) mass is 452 g/mol. The van der Waals surface area contributed by atoms with E-state index in [2.05, 4.69) is 25.8 Å². The molecule has 5 nitrogen and oxygen atoms in total. The molecule has 0 spiro atoms. The highest BCUT2D eigenvalue weighted by Crippen LogP contribution is 2.44. The van der Waals surface area contributed by atoms with Crippen LogP contribution in [0.4, 0.5) is 5.13 Å². The molecule has 3 aromatic rings. The van der Waals surface area contributed by atoms with Gasteiger partial charge in [0, 0.05) is 4.88 Å². The van der Waals surface area contributed by atoms with E-state index in [-0.39, 0.29) is 16.8 Å². The molecular weight excluding hydrogens is 428 g/mol. The van der Waals surface area contributed by atoms with Crippen molar-refractivity contribution < 1.29 is 14.7 Å². The van der Waals surface area contributed by atoms with Crippen LogP contribution in [0.25, 0.3) is 0 Å². The van der Waals surface area contributed by atoms with E-state index in [0.717, 1.165) is 21.7 Å². The Morgan fingerprint density at radius 1 is 1.13 bits per heavy atom. The Bertz CT molecular complexity index is 1160. The second-order valence-corrected chi connectivity index (χ2v) is 10.8. The molecule has 160 valence electrons. The van der Waals surface area contributed by atoms with Gasteiger partial charge in [0.2, 0.25) is 5.78 Å². The second kappa shape index (κ2) is 7.73. The first-order chi connectivity index (χ1) is 14.6. The van der Waals surface area contributed by atoms with E-state index in [9.17, 15) is 14.7 Å².